The predicted molar refractivity (Wildman–Crippen MR) is 90.4 cm³/mol. The molecule has 0 aromatic carbocycles. The third-order valence-electron chi connectivity index (χ3n) is 4.68. The Morgan fingerprint density at radius 3 is 2.79 bits per heavy atom. The summed E-state index contributed by atoms with van der Waals surface area (Å²) in [6.07, 6.45) is 5.24. The minimum atomic E-state index is 0.217. The zero-order chi connectivity index (χ0) is 16.5. The molecule has 2 aliphatic heterocycles. The second-order valence-corrected chi connectivity index (χ2v) is 6.78. The van der Waals surface area contributed by atoms with Gasteiger partial charge in [-0.05, 0) is 19.1 Å². The number of fused-ring (bicyclic) bond motifs is 1. The maximum atomic E-state index is 5.95. The van der Waals surface area contributed by atoms with Crippen LogP contribution in [0.2, 0.25) is 5.02 Å². The fraction of sp³-hybridized carbons (Fsp3) is 0.471. The molecule has 3 atom stereocenters. The molecular formula is C17H19ClN4O2. The lowest BCUT2D eigenvalue weighted by Crippen LogP contribution is -2.27. The van der Waals surface area contributed by atoms with Crippen LogP contribution in [0, 0.1) is 18.8 Å². The average molecular weight is 347 g/mol. The molecule has 24 heavy (non-hydrogen) atoms. The standard InChI is InChI=1S/C17H19ClN4O2/c1-11-2-3-14(6-19-11)23-9-12-10-24-16-8-22(7-15(12)16)17-20-4-13(18)5-21-17/h2-6,12,15-16H,7-10H2,1H3/t12-,15+,16+/m0/s1. The quantitative estimate of drug-likeness (QED) is 0.847. The summed E-state index contributed by atoms with van der Waals surface area (Å²) in [6.45, 7) is 5.04. The van der Waals surface area contributed by atoms with Gasteiger partial charge in [-0.15, -0.1) is 0 Å². The molecule has 2 fully saturated rings. The van der Waals surface area contributed by atoms with Crippen LogP contribution in [0.15, 0.2) is 30.7 Å². The highest BCUT2D eigenvalue weighted by atomic mass is 35.5. The molecule has 0 aliphatic carbocycles. The van der Waals surface area contributed by atoms with Crippen molar-refractivity contribution in [2.45, 2.75) is 13.0 Å². The van der Waals surface area contributed by atoms with Crippen molar-refractivity contribution in [2.75, 3.05) is 31.2 Å². The Morgan fingerprint density at radius 1 is 1.21 bits per heavy atom. The lowest BCUT2D eigenvalue weighted by atomic mass is 9.94. The molecule has 2 saturated heterocycles. The van der Waals surface area contributed by atoms with Crippen molar-refractivity contribution in [3.8, 4) is 5.75 Å². The second-order valence-electron chi connectivity index (χ2n) is 6.35. The van der Waals surface area contributed by atoms with Crippen LogP contribution in [0.1, 0.15) is 5.69 Å². The molecule has 4 heterocycles. The van der Waals surface area contributed by atoms with Gasteiger partial charge in [0, 0.05) is 30.6 Å². The molecule has 2 aromatic rings. The zero-order valence-corrected chi connectivity index (χ0v) is 14.2. The number of hydrogen-bond donors (Lipinski definition) is 0. The molecule has 126 valence electrons. The topological polar surface area (TPSA) is 60.4 Å². The number of halogens is 1. The van der Waals surface area contributed by atoms with Crippen LogP contribution in [-0.4, -0.2) is 47.4 Å². The summed E-state index contributed by atoms with van der Waals surface area (Å²) in [7, 11) is 0. The van der Waals surface area contributed by atoms with Crippen LogP contribution >= 0.6 is 11.6 Å². The monoisotopic (exact) mass is 346 g/mol. The number of ether oxygens (including phenoxy) is 2. The minimum absolute atomic E-state index is 0.217. The van der Waals surface area contributed by atoms with Crippen LogP contribution < -0.4 is 9.64 Å². The molecule has 7 heteroatoms. The number of anilines is 1. The van der Waals surface area contributed by atoms with E-state index in [1.807, 2.05) is 19.1 Å². The highest BCUT2D eigenvalue weighted by Crippen LogP contribution is 2.35. The first-order chi connectivity index (χ1) is 11.7. The van der Waals surface area contributed by atoms with Crippen LogP contribution in [-0.2, 0) is 4.74 Å². The summed E-state index contributed by atoms with van der Waals surface area (Å²) in [6, 6.07) is 3.91. The van der Waals surface area contributed by atoms with Crippen molar-refractivity contribution in [2.24, 2.45) is 11.8 Å². The van der Waals surface area contributed by atoms with Gasteiger partial charge in [-0.2, -0.15) is 0 Å². The van der Waals surface area contributed by atoms with Gasteiger partial charge < -0.3 is 14.4 Å². The number of pyridine rings is 1. The van der Waals surface area contributed by atoms with Gasteiger partial charge in [0.25, 0.3) is 0 Å². The van der Waals surface area contributed by atoms with Crippen LogP contribution in [0.4, 0.5) is 5.95 Å². The highest BCUT2D eigenvalue weighted by molar-refractivity contribution is 6.30. The van der Waals surface area contributed by atoms with Crippen molar-refractivity contribution in [3.63, 3.8) is 0 Å². The smallest absolute Gasteiger partial charge is 0.225 e. The number of nitrogens with zero attached hydrogens (tertiary/aromatic N) is 4. The van der Waals surface area contributed by atoms with E-state index in [4.69, 9.17) is 21.1 Å². The van der Waals surface area contributed by atoms with Gasteiger partial charge >= 0.3 is 0 Å². The largest absolute Gasteiger partial charge is 0.492 e. The SMILES string of the molecule is Cc1ccc(OC[C@H]2CO[C@@H]3CN(c4ncc(Cl)cn4)C[C@H]23)cn1. The molecule has 0 radical (unpaired) electrons. The maximum Gasteiger partial charge on any atom is 0.225 e. The Bertz CT molecular complexity index is 695. The summed E-state index contributed by atoms with van der Waals surface area (Å²) in [5, 5.41) is 0.548. The Morgan fingerprint density at radius 2 is 2.04 bits per heavy atom. The predicted octanol–water partition coefficient (Wildman–Crippen LogP) is 2.36. The van der Waals surface area contributed by atoms with Crippen LogP contribution in [0.25, 0.3) is 0 Å². The van der Waals surface area contributed by atoms with Gasteiger partial charge in [0.15, 0.2) is 0 Å². The molecule has 2 aromatic heterocycles. The van der Waals surface area contributed by atoms with Crippen LogP contribution in [0.3, 0.4) is 0 Å². The van der Waals surface area contributed by atoms with E-state index in [0.717, 1.165) is 31.1 Å². The lowest BCUT2D eigenvalue weighted by Gasteiger charge is -2.20. The Kier molecular flexibility index (Phi) is 4.24. The average Bonchev–Trinajstić information content (AvgIpc) is 3.16. The van der Waals surface area contributed by atoms with E-state index in [1.54, 1.807) is 18.6 Å². The van der Waals surface area contributed by atoms with Crippen molar-refractivity contribution in [1.29, 1.82) is 0 Å². The summed E-state index contributed by atoms with van der Waals surface area (Å²) < 4.78 is 11.9. The summed E-state index contributed by atoms with van der Waals surface area (Å²) in [4.78, 5) is 15.0. The first-order valence-electron chi connectivity index (χ1n) is 8.08. The fourth-order valence-electron chi connectivity index (χ4n) is 3.35. The number of rotatable bonds is 4. The van der Waals surface area contributed by atoms with E-state index in [0.29, 0.717) is 29.4 Å². The molecule has 0 unspecified atom stereocenters. The lowest BCUT2D eigenvalue weighted by molar-refractivity contribution is 0.108. The number of aromatic nitrogens is 3. The van der Waals surface area contributed by atoms with Gasteiger partial charge in [0.2, 0.25) is 5.95 Å². The normalized spacial score (nSPS) is 25.8. The van der Waals surface area contributed by atoms with Gasteiger partial charge in [-0.1, -0.05) is 11.6 Å². The molecule has 6 nitrogen and oxygen atoms in total. The van der Waals surface area contributed by atoms with E-state index >= 15 is 0 Å². The van der Waals surface area contributed by atoms with Gasteiger partial charge in [0.05, 0.1) is 42.9 Å². The summed E-state index contributed by atoms with van der Waals surface area (Å²) >= 11 is 5.86. The molecule has 0 spiro atoms. The molecule has 4 rings (SSSR count). The van der Waals surface area contributed by atoms with E-state index in [-0.39, 0.29) is 6.10 Å². The zero-order valence-electron chi connectivity index (χ0n) is 13.4. The molecule has 0 N–H and O–H groups in total. The number of hydrogen-bond acceptors (Lipinski definition) is 6. The van der Waals surface area contributed by atoms with Crippen LogP contribution in [0.5, 0.6) is 5.75 Å². The van der Waals surface area contributed by atoms with E-state index in [9.17, 15) is 0 Å². The first-order valence-corrected chi connectivity index (χ1v) is 8.46. The summed E-state index contributed by atoms with van der Waals surface area (Å²) in [5.41, 5.74) is 0.987. The molecule has 0 bridgehead atoms. The van der Waals surface area contributed by atoms with Crippen molar-refractivity contribution in [1.82, 2.24) is 15.0 Å². The summed E-state index contributed by atoms with van der Waals surface area (Å²) in [5.74, 6) is 2.32. The maximum absolute atomic E-state index is 5.95. The van der Waals surface area contributed by atoms with E-state index in [2.05, 4.69) is 19.9 Å². The highest BCUT2D eigenvalue weighted by Gasteiger charge is 2.44. The molecule has 0 amide bonds. The van der Waals surface area contributed by atoms with Crippen molar-refractivity contribution < 1.29 is 9.47 Å². The fourth-order valence-corrected chi connectivity index (χ4v) is 3.44. The molecular weight excluding hydrogens is 328 g/mol. The van der Waals surface area contributed by atoms with Gasteiger partial charge in [0.1, 0.15) is 5.75 Å². The Labute approximate surface area is 145 Å². The van der Waals surface area contributed by atoms with E-state index in [1.165, 1.54) is 0 Å². The van der Waals surface area contributed by atoms with Gasteiger partial charge in [-0.3, -0.25) is 4.98 Å². The Hall–Kier alpha value is -1.92. The third-order valence-corrected chi connectivity index (χ3v) is 4.87. The minimum Gasteiger partial charge on any atom is -0.492 e. The first kappa shape index (κ1) is 15.6. The van der Waals surface area contributed by atoms with Gasteiger partial charge in [-0.25, -0.2) is 9.97 Å². The third kappa shape index (κ3) is 3.16. The molecule has 2 aliphatic rings. The molecule has 0 saturated carbocycles. The van der Waals surface area contributed by atoms with E-state index < -0.39 is 0 Å². The van der Waals surface area contributed by atoms with Crippen molar-refractivity contribution >= 4 is 17.5 Å². The van der Waals surface area contributed by atoms with Crippen molar-refractivity contribution in [3.05, 3.63) is 41.4 Å². The number of aryl methyl sites for hydroxylation is 1. The second kappa shape index (κ2) is 6.53. The Balaban J connectivity index is 1.37.